The van der Waals surface area contributed by atoms with Crippen LogP contribution < -0.4 is 0 Å². The summed E-state index contributed by atoms with van der Waals surface area (Å²) in [5.74, 6) is -2.38. The molecule has 154 valence electrons. The predicted molar refractivity (Wildman–Crippen MR) is 96.8 cm³/mol. The van der Waals surface area contributed by atoms with E-state index in [0.717, 1.165) is 0 Å². The van der Waals surface area contributed by atoms with Crippen molar-refractivity contribution in [1.29, 1.82) is 0 Å². The van der Waals surface area contributed by atoms with Gasteiger partial charge in [-0.05, 0) is 50.7 Å². The van der Waals surface area contributed by atoms with Crippen LogP contribution in [0.2, 0.25) is 0 Å². The van der Waals surface area contributed by atoms with Crippen LogP contribution in [-0.2, 0) is 9.59 Å². The molecule has 0 heterocycles. The first-order chi connectivity index (χ1) is 13.0. The quantitative estimate of drug-likeness (QED) is 0.546. The van der Waals surface area contributed by atoms with Crippen LogP contribution in [-0.4, -0.2) is 62.1 Å². The summed E-state index contributed by atoms with van der Waals surface area (Å²) in [6.45, 7) is 2.33. The molecule has 4 aliphatic rings. The van der Waals surface area contributed by atoms with E-state index in [1.165, 1.54) is 18.2 Å². The topological polar surface area (TPSA) is 115 Å². The Kier molecular flexibility index (Phi) is 4.13. The largest absolute Gasteiger partial charge is 0.390 e. The van der Waals surface area contributed by atoms with Crippen LogP contribution in [0.1, 0.15) is 39.5 Å². The minimum absolute atomic E-state index is 0.0135. The zero-order valence-electron chi connectivity index (χ0n) is 16.1. The van der Waals surface area contributed by atoms with Gasteiger partial charge in [0, 0.05) is 16.7 Å². The third-order valence-corrected chi connectivity index (χ3v) is 8.43. The van der Waals surface area contributed by atoms with Crippen molar-refractivity contribution in [2.24, 2.45) is 22.7 Å². The fraction of sp³-hybridized carbons (Fsp3) is 0.714. The molecule has 0 radical (unpaired) electrons. The zero-order chi connectivity index (χ0) is 20.7. The molecule has 28 heavy (non-hydrogen) atoms. The Morgan fingerprint density at radius 2 is 1.93 bits per heavy atom. The number of carbonyl (C=O) groups excluding carboxylic acids is 2. The van der Waals surface area contributed by atoms with E-state index >= 15 is 4.39 Å². The Hall–Kier alpha value is -1.41. The van der Waals surface area contributed by atoms with E-state index < -0.39 is 58.5 Å². The molecule has 0 aliphatic heterocycles. The van der Waals surface area contributed by atoms with Crippen LogP contribution in [0, 0.1) is 22.7 Å². The lowest BCUT2D eigenvalue weighted by Crippen LogP contribution is -2.69. The van der Waals surface area contributed by atoms with Gasteiger partial charge in [0.05, 0.1) is 12.2 Å². The third kappa shape index (κ3) is 2.01. The maximum Gasteiger partial charge on any atom is 0.192 e. The molecule has 0 aromatic carbocycles. The van der Waals surface area contributed by atoms with Crippen LogP contribution in [0.25, 0.3) is 0 Å². The second-order valence-corrected chi connectivity index (χ2v) is 9.36. The highest BCUT2D eigenvalue weighted by atomic mass is 19.1. The van der Waals surface area contributed by atoms with Gasteiger partial charge in [0.1, 0.15) is 6.61 Å². The van der Waals surface area contributed by atoms with E-state index in [-0.39, 0.29) is 18.6 Å². The first kappa shape index (κ1) is 19.9. The van der Waals surface area contributed by atoms with Gasteiger partial charge in [-0.3, -0.25) is 9.59 Å². The molecule has 4 rings (SSSR count). The van der Waals surface area contributed by atoms with Gasteiger partial charge in [0.25, 0.3) is 0 Å². The molecule has 4 aliphatic carbocycles. The summed E-state index contributed by atoms with van der Waals surface area (Å²) in [7, 11) is 0. The number of allylic oxidation sites excluding steroid dienone is 4. The average Bonchev–Trinajstić information content (AvgIpc) is 2.84. The van der Waals surface area contributed by atoms with Gasteiger partial charge in [-0.2, -0.15) is 0 Å². The number of hydrogen-bond acceptors (Lipinski definition) is 6. The maximum absolute atomic E-state index is 16.8. The molecule has 0 spiro atoms. The highest BCUT2D eigenvalue weighted by molar-refractivity contribution is 6.01. The first-order valence-electron chi connectivity index (χ1n) is 9.82. The van der Waals surface area contributed by atoms with Gasteiger partial charge >= 0.3 is 0 Å². The van der Waals surface area contributed by atoms with Crippen molar-refractivity contribution >= 4 is 11.6 Å². The van der Waals surface area contributed by atoms with E-state index in [9.17, 15) is 30.0 Å². The van der Waals surface area contributed by atoms with Crippen molar-refractivity contribution < 1.29 is 34.4 Å². The van der Waals surface area contributed by atoms with Crippen LogP contribution >= 0.6 is 0 Å². The monoisotopic (exact) mass is 394 g/mol. The van der Waals surface area contributed by atoms with Crippen molar-refractivity contribution in [3.63, 3.8) is 0 Å². The number of aliphatic hydroxyl groups is 4. The third-order valence-electron chi connectivity index (χ3n) is 8.43. The molecule has 7 heteroatoms. The zero-order valence-corrected chi connectivity index (χ0v) is 16.1. The lowest BCUT2D eigenvalue weighted by Gasteiger charge is -2.62. The molecule has 0 amide bonds. The minimum atomic E-state index is -2.23. The average molecular weight is 394 g/mol. The Morgan fingerprint density at radius 1 is 1.25 bits per heavy atom. The van der Waals surface area contributed by atoms with Gasteiger partial charge < -0.3 is 20.4 Å². The molecule has 6 nitrogen and oxygen atoms in total. The van der Waals surface area contributed by atoms with Crippen molar-refractivity contribution in [1.82, 2.24) is 0 Å². The van der Waals surface area contributed by atoms with Gasteiger partial charge in [-0.15, -0.1) is 0 Å². The first-order valence-corrected chi connectivity index (χ1v) is 9.82. The molecular weight excluding hydrogens is 367 g/mol. The maximum atomic E-state index is 16.8. The number of fused-ring (bicyclic) bond motifs is 5. The van der Waals surface area contributed by atoms with Gasteiger partial charge in [-0.25, -0.2) is 4.39 Å². The molecule has 0 saturated heterocycles. The number of aliphatic hydroxyl groups excluding tert-OH is 3. The number of Topliss-reactive ketones (excluding diaryl/α,β-unsaturated/α-hetero) is 1. The Bertz CT molecular complexity index is 807. The predicted octanol–water partition coefficient (Wildman–Crippen LogP) is 0.620. The van der Waals surface area contributed by atoms with E-state index in [4.69, 9.17) is 0 Å². The number of rotatable bonds is 2. The second kappa shape index (κ2) is 5.81. The molecule has 0 aromatic heterocycles. The highest BCUT2D eigenvalue weighted by Crippen LogP contribution is 2.69. The van der Waals surface area contributed by atoms with Crippen LogP contribution in [0.5, 0.6) is 0 Å². The van der Waals surface area contributed by atoms with E-state index in [1.54, 1.807) is 13.8 Å². The van der Waals surface area contributed by atoms with Gasteiger partial charge in [-0.1, -0.05) is 18.6 Å². The summed E-state index contributed by atoms with van der Waals surface area (Å²) in [6.07, 6.45) is 1.93. The van der Waals surface area contributed by atoms with Crippen LogP contribution in [0.15, 0.2) is 23.8 Å². The molecule has 0 aromatic rings. The SMILES string of the molecule is C[C@]12C=CC(=O)C=C1CC[C@@H]1[C@H]3C[C@H](O)[C@@](O)(C(=O)CO)[C@@]3(C)C[C@H](O)[C@]12F. The van der Waals surface area contributed by atoms with Crippen molar-refractivity contribution in [3.05, 3.63) is 23.8 Å². The second-order valence-electron chi connectivity index (χ2n) is 9.36. The molecule has 8 atom stereocenters. The summed E-state index contributed by atoms with van der Waals surface area (Å²) >= 11 is 0. The Morgan fingerprint density at radius 3 is 2.57 bits per heavy atom. The lowest BCUT2D eigenvalue weighted by molar-refractivity contribution is -0.222. The fourth-order valence-electron chi connectivity index (χ4n) is 6.85. The van der Waals surface area contributed by atoms with E-state index in [1.807, 2.05) is 0 Å². The van der Waals surface area contributed by atoms with Crippen molar-refractivity contribution in [3.8, 4) is 0 Å². The summed E-state index contributed by atoms with van der Waals surface area (Å²) < 4.78 is 16.8. The van der Waals surface area contributed by atoms with Crippen LogP contribution in [0.3, 0.4) is 0 Å². The molecule has 0 bridgehead atoms. The number of alkyl halides is 1. The summed E-state index contributed by atoms with van der Waals surface area (Å²) in [6, 6.07) is 0. The molecular formula is C21H27FO6. The summed E-state index contributed by atoms with van der Waals surface area (Å²) in [4.78, 5) is 24.2. The number of hydrogen-bond donors (Lipinski definition) is 4. The normalized spacial score (nSPS) is 52.5. The fourth-order valence-corrected chi connectivity index (χ4v) is 6.85. The minimum Gasteiger partial charge on any atom is -0.390 e. The van der Waals surface area contributed by atoms with E-state index in [0.29, 0.717) is 18.4 Å². The summed E-state index contributed by atoms with van der Waals surface area (Å²) in [5.41, 5.74) is -6.12. The van der Waals surface area contributed by atoms with Crippen molar-refractivity contribution in [2.45, 2.75) is 63.0 Å². The van der Waals surface area contributed by atoms with Gasteiger partial charge in [0.15, 0.2) is 22.8 Å². The number of ketones is 2. The van der Waals surface area contributed by atoms with E-state index in [2.05, 4.69) is 0 Å². The summed E-state index contributed by atoms with van der Waals surface area (Å²) in [5, 5.41) is 42.1. The highest BCUT2D eigenvalue weighted by Gasteiger charge is 2.76. The lowest BCUT2D eigenvalue weighted by atomic mass is 9.44. The Labute approximate surface area is 162 Å². The number of halogens is 1. The van der Waals surface area contributed by atoms with Crippen molar-refractivity contribution in [2.75, 3.05) is 6.61 Å². The van der Waals surface area contributed by atoms with Crippen LogP contribution in [0.4, 0.5) is 4.39 Å². The molecule has 4 N–H and O–H groups in total. The van der Waals surface area contributed by atoms with Gasteiger partial charge in [0.2, 0.25) is 0 Å². The number of carbonyl (C=O) groups is 2. The molecule has 0 unspecified atom stereocenters. The Balaban J connectivity index is 1.84. The molecule has 3 saturated carbocycles. The standard InChI is InChI=1S/C21H27FO6/c1-18-6-5-12(24)7-11(18)3-4-13-14-8-15(25)21(28,17(27)10-23)19(14,2)9-16(26)20(13,18)22/h5-7,13-16,23,25-26,28H,3-4,8-10H2,1-2H3/t13-,14-,15+,16+,18+,19+,20-,21-/m1/s1. The smallest absolute Gasteiger partial charge is 0.192 e. The molecule has 3 fully saturated rings.